The third-order valence-electron chi connectivity index (χ3n) is 4.95. The zero-order chi connectivity index (χ0) is 22.1. The Balaban J connectivity index is 2.04. The molecule has 0 aliphatic rings. The summed E-state index contributed by atoms with van der Waals surface area (Å²) in [6.45, 7) is 7.54. The Morgan fingerprint density at radius 2 is 1.67 bits per heavy atom. The summed E-state index contributed by atoms with van der Waals surface area (Å²) >= 11 is 0. The number of benzene rings is 2. The van der Waals surface area contributed by atoms with Crippen molar-refractivity contribution in [1.29, 1.82) is 0 Å². The normalized spacial score (nSPS) is 12.4. The minimum Gasteiger partial charge on any atom is -0.481 e. The molecule has 4 heteroatoms. The number of carboxylic acid groups (broad SMARTS) is 1. The first kappa shape index (κ1) is 23.7. The van der Waals surface area contributed by atoms with Crippen LogP contribution in [-0.4, -0.2) is 22.6 Å². The second-order valence-corrected chi connectivity index (χ2v) is 8.88. The third-order valence-corrected chi connectivity index (χ3v) is 4.95. The molecule has 0 radical (unpaired) electrons. The van der Waals surface area contributed by atoms with Gasteiger partial charge in [0.2, 0.25) is 0 Å². The molecule has 0 saturated carbocycles. The van der Waals surface area contributed by atoms with E-state index in [0.717, 1.165) is 17.5 Å². The van der Waals surface area contributed by atoms with Crippen LogP contribution in [0.1, 0.15) is 64.5 Å². The summed E-state index contributed by atoms with van der Waals surface area (Å²) < 4.78 is 5.28. The number of carboxylic acids is 1. The summed E-state index contributed by atoms with van der Waals surface area (Å²) in [6.07, 6.45) is 4.91. The van der Waals surface area contributed by atoms with E-state index in [4.69, 9.17) is 4.74 Å². The highest BCUT2D eigenvalue weighted by Crippen LogP contribution is 2.24. The molecule has 0 aliphatic heterocycles. The maximum Gasteiger partial charge on any atom is 0.307 e. The molecule has 0 heterocycles. The Hall–Kier alpha value is -2.62. The highest BCUT2D eigenvalue weighted by Gasteiger charge is 2.25. The van der Waals surface area contributed by atoms with Gasteiger partial charge >= 0.3 is 11.9 Å². The summed E-state index contributed by atoms with van der Waals surface area (Å²) in [5.41, 5.74) is 3.89. The first-order chi connectivity index (χ1) is 14.2. The van der Waals surface area contributed by atoms with Crippen LogP contribution in [0.5, 0.6) is 0 Å². The standard InChI is InChI=1S/C26H34O4/c1-5-6-7-9-19-10-8-11-22(16-19)21-14-12-20(13-15-21)17-23(25(28)29)18-24(27)30-26(2,3)4/h8,10-16,23H,5-7,9,17-18H2,1-4H3,(H,28,29). The number of aryl methyl sites for hydroxylation is 1. The van der Waals surface area contributed by atoms with Crippen LogP contribution in [0.4, 0.5) is 0 Å². The lowest BCUT2D eigenvalue weighted by atomic mass is 9.94. The number of carbonyl (C=O) groups excluding carboxylic acids is 1. The lowest BCUT2D eigenvalue weighted by Gasteiger charge is -2.21. The first-order valence-electron chi connectivity index (χ1n) is 10.8. The number of rotatable bonds is 10. The molecule has 4 nitrogen and oxygen atoms in total. The molecule has 1 unspecified atom stereocenters. The van der Waals surface area contributed by atoms with Crippen LogP contribution in [0.3, 0.4) is 0 Å². The van der Waals surface area contributed by atoms with Gasteiger partial charge in [0.1, 0.15) is 5.60 Å². The molecule has 0 spiro atoms. The summed E-state index contributed by atoms with van der Waals surface area (Å²) in [6, 6.07) is 16.5. The Morgan fingerprint density at radius 3 is 2.27 bits per heavy atom. The van der Waals surface area contributed by atoms with Crippen molar-refractivity contribution in [2.75, 3.05) is 0 Å². The van der Waals surface area contributed by atoms with Crippen LogP contribution in [-0.2, 0) is 27.2 Å². The van der Waals surface area contributed by atoms with Crippen LogP contribution in [0.2, 0.25) is 0 Å². The van der Waals surface area contributed by atoms with Gasteiger partial charge in [0, 0.05) is 0 Å². The fourth-order valence-corrected chi connectivity index (χ4v) is 3.43. The number of aliphatic carboxylic acids is 1. The quantitative estimate of drug-likeness (QED) is 0.382. The van der Waals surface area contributed by atoms with Crippen LogP contribution >= 0.6 is 0 Å². The molecular formula is C26H34O4. The lowest BCUT2D eigenvalue weighted by Crippen LogP contribution is -2.28. The summed E-state index contributed by atoms with van der Waals surface area (Å²) in [4.78, 5) is 23.7. The molecule has 30 heavy (non-hydrogen) atoms. The number of unbranched alkanes of at least 4 members (excludes halogenated alkanes) is 2. The molecule has 0 aliphatic carbocycles. The van der Waals surface area contributed by atoms with E-state index in [1.807, 2.05) is 24.3 Å². The fraction of sp³-hybridized carbons (Fsp3) is 0.462. The summed E-state index contributed by atoms with van der Waals surface area (Å²) in [5.74, 6) is -2.26. The Labute approximate surface area is 180 Å². The molecule has 2 rings (SSSR count). The second-order valence-electron chi connectivity index (χ2n) is 8.88. The second kappa shape index (κ2) is 11.0. The largest absolute Gasteiger partial charge is 0.481 e. The molecule has 2 aromatic carbocycles. The van der Waals surface area contributed by atoms with Crippen molar-refractivity contribution in [2.45, 2.75) is 71.8 Å². The summed E-state index contributed by atoms with van der Waals surface area (Å²) in [5, 5.41) is 9.53. The molecule has 2 aromatic rings. The summed E-state index contributed by atoms with van der Waals surface area (Å²) in [7, 11) is 0. The van der Waals surface area contributed by atoms with Crippen molar-refractivity contribution >= 4 is 11.9 Å². The number of ether oxygens (including phenoxy) is 1. The van der Waals surface area contributed by atoms with Crippen LogP contribution < -0.4 is 0 Å². The van der Waals surface area contributed by atoms with Crippen LogP contribution in [0.25, 0.3) is 11.1 Å². The SMILES string of the molecule is CCCCCc1cccc(-c2ccc(CC(CC(=O)OC(C)(C)C)C(=O)O)cc2)c1. The predicted molar refractivity (Wildman–Crippen MR) is 120 cm³/mol. The number of esters is 1. The highest BCUT2D eigenvalue weighted by molar-refractivity contribution is 5.79. The van der Waals surface area contributed by atoms with Gasteiger partial charge in [-0.3, -0.25) is 9.59 Å². The smallest absolute Gasteiger partial charge is 0.307 e. The first-order valence-corrected chi connectivity index (χ1v) is 10.8. The van der Waals surface area contributed by atoms with Crippen molar-refractivity contribution in [2.24, 2.45) is 5.92 Å². The lowest BCUT2D eigenvalue weighted by molar-refractivity contribution is -0.159. The van der Waals surface area contributed by atoms with E-state index in [9.17, 15) is 14.7 Å². The minimum atomic E-state index is -0.982. The predicted octanol–water partition coefficient (Wildman–Crippen LogP) is 6.06. The average molecular weight is 411 g/mol. The van der Waals surface area contributed by atoms with E-state index < -0.39 is 23.5 Å². The van der Waals surface area contributed by atoms with E-state index >= 15 is 0 Å². The Bertz CT molecular complexity index is 831. The molecule has 0 amide bonds. The Kier molecular flexibility index (Phi) is 8.64. The van der Waals surface area contributed by atoms with Crippen molar-refractivity contribution < 1.29 is 19.4 Å². The van der Waals surface area contributed by atoms with Gasteiger partial charge in [0.25, 0.3) is 0 Å². The van der Waals surface area contributed by atoms with E-state index in [1.165, 1.54) is 30.4 Å². The van der Waals surface area contributed by atoms with Gasteiger partial charge in [-0.05, 0) is 62.3 Å². The molecule has 1 atom stereocenters. The van der Waals surface area contributed by atoms with Gasteiger partial charge in [-0.2, -0.15) is 0 Å². The molecule has 0 bridgehead atoms. The van der Waals surface area contributed by atoms with Gasteiger partial charge < -0.3 is 9.84 Å². The molecule has 162 valence electrons. The van der Waals surface area contributed by atoms with Gasteiger partial charge in [-0.25, -0.2) is 0 Å². The van der Waals surface area contributed by atoms with E-state index in [1.54, 1.807) is 20.8 Å². The molecule has 0 fully saturated rings. The minimum absolute atomic E-state index is 0.131. The molecular weight excluding hydrogens is 376 g/mol. The zero-order valence-corrected chi connectivity index (χ0v) is 18.6. The van der Waals surface area contributed by atoms with E-state index in [-0.39, 0.29) is 6.42 Å². The number of hydrogen-bond acceptors (Lipinski definition) is 3. The monoisotopic (exact) mass is 410 g/mol. The zero-order valence-electron chi connectivity index (χ0n) is 18.6. The number of carbonyl (C=O) groups is 2. The maximum atomic E-state index is 12.0. The van der Waals surface area contributed by atoms with Crippen molar-refractivity contribution in [3.05, 3.63) is 59.7 Å². The topological polar surface area (TPSA) is 63.6 Å². The van der Waals surface area contributed by atoms with Crippen LogP contribution in [0, 0.1) is 5.92 Å². The van der Waals surface area contributed by atoms with Crippen molar-refractivity contribution in [1.82, 2.24) is 0 Å². The highest BCUT2D eigenvalue weighted by atomic mass is 16.6. The molecule has 0 saturated heterocycles. The molecule has 0 aromatic heterocycles. The van der Waals surface area contributed by atoms with Gasteiger partial charge in [0.05, 0.1) is 12.3 Å². The maximum absolute atomic E-state index is 12.0. The fourth-order valence-electron chi connectivity index (χ4n) is 3.43. The van der Waals surface area contributed by atoms with Crippen molar-refractivity contribution in [3.63, 3.8) is 0 Å². The van der Waals surface area contributed by atoms with Gasteiger partial charge in [-0.1, -0.05) is 68.3 Å². The van der Waals surface area contributed by atoms with Gasteiger partial charge in [-0.15, -0.1) is 0 Å². The van der Waals surface area contributed by atoms with E-state index in [2.05, 4.69) is 31.2 Å². The van der Waals surface area contributed by atoms with Crippen LogP contribution in [0.15, 0.2) is 48.5 Å². The molecule has 1 N–H and O–H groups in total. The average Bonchev–Trinajstić information content (AvgIpc) is 2.67. The van der Waals surface area contributed by atoms with E-state index in [0.29, 0.717) is 6.42 Å². The van der Waals surface area contributed by atoms with Gasteiger partial charge in [0.15, 0.2) is 0 Å². The third kappa shape index (κ3) is 8.02. The Morgan fingerprint density at radius 1 is 0.967 bits per heavy atom. The van der Waals surface area contributed by atoms with Crippen molar-refractivity contribution in [3.8, 4) is 11.1 Å². The number of hydrogen-bond donors (Lipinski definition) is 1.